The molecule has 27 nitrogen and oxygen atoms in total. The van der Waals surface area contributed by atoms with Crippen LogP contribution in [0, 0.1) is 18.6 Å². The summed E-state index contributed by atoms with van der Waals surface area (Å²) >= 11 is 0. The van der Waals surface area contributed by atoms with Crippen LogP contribution in [0.4, 0.5) is 20.2 Å². The number of aryl methyl sites for hydroxylation is 1. The highest BCUT2D eigenvalue weighted by Crippen LogP contribution is 2.57. The van der Waals surface area contributed by atoms with Crippen LogP contribution in [-0.4, -0.2) is 150 Å². The standard InChI is InChI=1S/C54H53F2N3O24/c1-29-15-44-39(18-41(29)55)54(40-19-42(56)46(81-34(6)64)20-45(40)82-44)38-9-7-35(16-37(38)53(70)83-54)52(69)57-36-8-10-43(59(23-50(67)79-27-75-32(4)62)24-51(68)80-28-76-33(5)63)47(17-36)72-14-13-71-12-11-58(21-48(65)77-25-73-30(2)60)22-49(66)78-26-74-31(3)61/h7-10,15-20H,11-14,21-28H2,1-6H3,(H,57,69). The van der Waals surface area contributed by atoms with Gasteiger partial charge in [-0.25, -0.2) is 13.6 Å². The molecule has 1 spiro atoms. The highest BCUT2D eigenvalue weighted by molar-refractivity contribution is 6.07. The fraction of sp³-hybridized carbons (Fsp3) is 0.352. The molecule has 6 rings (SSSR count). The molecule has 83 heavy (non-hydrogen) atoms. The molecular weight excluding hydrogens is 1110 g/mol. The molecule has 1 atom stereocenters. The molecule has 0 saturated carbocycles. The number of carbonyl (C=O) groups is 11. The molecule has 0 aliphatic carbocycles. The van der Waals surface area contributed by atoms with Crippen LogP contribution in [0.25, 0.3) is 0 Å². The maximum Gasteiger partial charge on any atom is 0.340 e. The molecule has 2 heterocycles. The minimum atomic E-state index is -2.03. The lowest BCUT2D eigenvalue weighted by Crippen LogP contribution is -2.38. The molecule has 0 fully saturated rings. The van der Waals surface area contributed by atoms with Crippen molar-refractivity contribution >= 4 is 77.0 Å². The third-order valence-corrected chi connectivity index (χ3v) is 11.5. The summed E-state index contributed by atoms with van der Waals surface area (Å²) in [5.41, 5.74) is -2.25. The average Bonchev–Trinajstić information content (AvgIpc) is 2.14. The zero-order chi connectivity index (χ0) is 60.5. The van der Waals surface area contributed by atoms with Crippen molar-refractivity contribution in [2.75, 3.05) is 89.9 Å². The molecule has 0 bridgehead atoms. The van der Waals surface area contributed by atoms with E-state index in [1.165, 1.54) is 54.3 Å². The highest BCUT2D eigenvalue weighted by atomic mass is 19.1. The fourth-order valence-electron chi connectivity index (χ4n) is 7.91. The summed E-state index contributed by atoms with van der Waals surface area (Å²) in [6.45, 7) is 0.506. The maximum atomic E-state index is 15.7. The van der Waals surface area contributed by atoms with E-state index in [0.717, 1.165) is 57.7 Å². The van der Waals surface area contributed by atoms with Crippen LogP contribution in [0.15, 0.2) is 60.7 Å². The number of ether oxygens (including phenoxy) is 13. The number of rotatable bonds is 27. The van der Waals surface area contributed by atoms with Gasteiger partial charge in [0.25, 0.3) is 5.91 Å². The largest absolute Gasteiger partial charge is 0.489 e. The summed E-state index contributed by atoms with van der Waals surface area (Å²) < 4.78 is 98.3. The summed E-state index contributed by atoms with van der Waals surface area (Å²) in [6, 6.07) is 12.2. The fourth-order valence-corrected chi connectivity index (χ4v) is 7.91. The van der Waals surface area contributed by atoms with Crippen molar-refractivity contribution in [3.63, 3.8) is 0 Å². The minimum Gasteiger partial charge on any atom is -0.489 e. The van der Waals surface area contributed by atoms with Crippen molar-refractivity contribution in [1.82, 2.24) is 4.90 Å². The van der Waals surface area contributed by atoms with Crippen LogP contribution in [0.1, 0.15) is 77.6 Å². The van der Waals surface area contributed by atoms with E-state index in [1.807, 2.05) is 0 Å². The van der Waals surface area contributed by atoms with Gasteiger partial charge >= 0.3 is 59.7 Å². The summed E-state index contributed by atoms with van der Waals surface area (Å²) in [7, 11) is 0. The normalized spacial score (nSPS) is 13.3. The first-order chi connectivity index (χ1) is 39.4. The van der Waals surface area contributed by atoms with Gasteiger partial charge < -0.3 is 71.8 Å². The van der Waals surface area contributed by atoms with Gasteiger partial charge in [0.1, 0.15) is 42.8 Å². The number of carbonyl (C=O) groups excluding carboxylic acids is 11. The van der Waals surface area contributed by atoms with Crippen molar-refractivity contribution in [2.45, 2.75) is 47.1 Å². The van der Waals surface area contributed by atoms with Crippen LogP contribution in [0.3, 0.4) is 0 Å². The van der Waals surface area contributed by atoms with E-state index in [2.05, 4.69) is 14.8 Å². The number of nitrogens with one attached hydrogen (secondary N) is 1. The third kappa shape index (κ3) is 17.1. The second-order valence-corrected chi connectivity index (χ2v) is 17.6. The van der Waals surface area contributed by atoms with Crippen LogP contribution >= 0.6 is 0 Å². The number of amides is 1. The van der Waals surface area contributed by atoms with Gasteiger partial charge in [0.2, 0.25) is 27.2 Å². The van der Waals surface area contributed by atoms with Gasteiger partial charge in [-0.15, -0.1) is 0 Å². The molecule has 4 aromatic carbocycles. The Morgan fingerprint density at radius 3 is 1.63 bits per heavy atom. The predicted molar refractivity (Wildman–Crippen MR) is 271 cm³/mol. The van der Waals surface area contributed by atoms with E-state index in [-0.39, 0.29) is 88.4 Å². The SMILES string of the molecule is CC(=O)OCOC(=O)CN(CCOCCOc1cc(NC(=O)c2ccc3c(c2)C(=O)OC32c3cc(F)c(C)cc3Oc3cc(OC(C)=O)c(F)cc32)ccc1N(CC(=O)OCOC(C)=O)CC(=O)OCOC(C)=O)CC(=O)OCOC(C)=O. The van der Waals surface area contributed by atoms with E-state index in [9.17, 15) is 52.7 Å². The number of esters is 10. The number of benzene rings is 4. The zero-order valence-corrected chi connectivity index (χ0v) is 45.2. The van der Waals surface area contributed by atoms with Crippen molar-refractivity contribution in [1.29, 1.82) is 0 Å². The number of anilines is 2. The van der Waals surface area contributed by atoms with E-state index < -0.39 is 142 Å². The van der Waals surface area contributed by atoms with Gasteiger partial charge in [-0.1, -0.05) is 6.07 Å². The third-order valence-electron chi connectivity index (χ3n) is 11.5. The Morgan fingerprint density at radius 2 is 1.08 bits per heavy atom. The lowest BCUT2D eigenvalue weighted by atomic mass is 9.77. The van der Waals surface area contributed by atoms with Crippen molar-refractivity contribution in [2.24, 2.45) is 0 Å². The molecule has 1 amide bonds. The summed E-state index contributed by atoms with van der Waals surface area (Å²) in [4.78, 5) is 138. The Labute approximate surface area is 469 Å². The second-order valence-electron chi connectivity index (χ2n) is 17.6. The van der Waals surface area contributed by atoms with Gasteiger partial charge in [-0.2, -0.15) is 0 Å². The first-order valence-corrected chi connectivity index (χ1v) is 24.6. The van der Waals surface area contributed by atoms with E-state index >= 15 is 8.78 Å². The lowest BCUT2D eigenvalue weighted by molar-refractivity contribution is -0.170. The average molecular weight is 1170 g/mol. The van der Waals surface area contributed by atoms with E-state index in [0.29, 0.717) is 0 Å². The molecule has 2 aliphatic rings. The molecule has 442 valence electrons. The van der Waals surface area contributed by atoms with Gasteiger partial charge in [-0.05, 0) is 55.0 Å². The summed E-state index contributed by atoms with van der Waals surface area (Å²) in [6.07, 6.45) is 0. The molecule has 0 saturated heterocycles. The van der Waals surface area contributed by atoms with Crippen molar-refractivity contribution in [3.05, 3.63) is 106 Å². The van der Waals surface area contributed by atoms with Crippen LogP contribution in [0.2, 0.25) is 0 Å². The number of fused-ring (bicyclic) bond motifs is 6. The summed E-state index contributed by atoms with van der Waals surface area (Å²) in [5.74, 6) is -12.0. The van der Waals surface area contributed by atoms with Crippen molar-refractivity contribution < 1.29 is 123 Å². The number of halogens is 2. The first kappa shape index (κ1) is 62.4. The van der Waals surface area contributed by atoms with Gasteiger partial charge in [0.15, 0.2) is 17.2 Å². The van der Waals surface area contributed by atoms with Gasteiger partial charge in [0.05, 0.1) is 48.7 Å². The van der Waals surface area contributed by atoms with E-state index in [4.69, 9.17) is 52.1 Å². The monoisotopic (exact) mass is 1170 g/mol. The molecule has 29 heteroatoms. The topological polar surface area (TPSA) is 326 Å². The molecule has 2 aliphatic heterocycles. The molecule has 1 unspecified atom stereocenters. The molecule has 4 aromatic rings. The lowest BCUT2D eigenvalue weighted by Gasteiger charge is -2.36. The Balaban J connectivity index is 1.27. The number of hydrogen-bond acceptors (Lipinski definition) is 26. The van der Waals surface area contributed by atoms with Gasteiger partial charge in [-0.3, -0.25) is 52.8 Å². The Kier molecular flexibility index (Phi) is 21.5. The molecule has 0 radical (unpaired) electrons. The van der Waals surface area contributed by atoms with Crippen LogP contribution in [-0.2, 0) is 96.1 Å². The number of nitrogens with zero attached hydrogens (tertiary/aromatic N) is 2. The Hall–Kier alpha value is -9.77. The summed E-state index contributed by atoms with van der Waals surface area (Å²) in [5, 5.41) is 2.67. The smallest absolute Gasteiger partial charge is 0.340 e. The van der Waals surface area contributed by atoms with E-state index in [1.54, 1.807) is 0 Å². The molecule has 0 aromatic heterocycles. The Morgan fingerprint density at radius 1 is 0.554 bits per heavy atom. The molecular formula is C54H53F2N3O24. The number of hydrogen-bond donors (Lipinski definition) is 1. The second kappa shape index (κ2) is 28.6. The predicted octanol–water partition coefficient (Wildman–Crippen LogP) is 3.78. The van der Waals surface area contributed by atoms with Crippen molar-refractivity contribution in [3.8, 4) is 23.0 Å². The minimum absolute atomic E-state index is 0.0121. The Bertz CT molecular complexity index is 3140. The van der Waals surface area contributed by atoms with Gasteiger partial charge in [0, 0.05) is 70.1 Å². The first-order valence-electron chi connectivity index (χ1n) is 24.6. The molecule has 1 N–H and O–H groups in total. The quantitative estimate of drug-likeness (QED) is 0.0292. The van der Waals surface area contributed by atoms with Crippen LogP contribution in [0.5, 0.6) is 23.0 Å². The zero-order valence-electron chi connectivity index (χ0n) is 45.2. The van der Waals surface area contributed by atoms with Crippen LogP contribution < -0.4 is 24.4 Å². The maximum absolute atomic E-state index is 15.7. The highest BCUT2D eigenvalue weighted by Gasteiger charge is 2.54.